The van der Waals surface area contributed by atoms with Crippen LogP contribution in [0.1, 0.15) is 23.1 Å². The number of hydrogen-bond acceptors (Lipinski definition) is 4. The van der Waals surface area contributed by atoms with E-state index in [9.17, 15) is 13.2 Å². The molecule has 2 N–H and O–H groups in total. The Kier molecular flexibility index (Phi) is 7.15. The second-order valence-corrected chi connectivity index (χ2v) is 7.19. The third-order valence-electron chi connectivity index (χ3n) is 4.99. The zero-order valence-corrected chi connectivity index (χ0v) is 17.0. The van der Waals surface area contributed by atoms with E-state index >= 15 is 0 Å². The van der Waals surface area contributed by atoms with Gasteiger partial charge in [0.05, 0.1) is 12.7 Å². The molecular formula is C21H26F3N5O. The molecule has 1 atom stereocenters. The van der Waals surface area contributed by atoms with Crippen molar-refractivity contribution in [1.82, 2.24) is 20.5 Å². The molecule has 1 aliphatic heterocycles. The summed E-state index contributed by atoms with van der Waals surface area (Å²) < 4.78 is 43.2. The van der Waals surface area contributed by atoms with Crippen LogP contribution in [0.3, 0.4) is 0 Å². The average molecular weight is 421 g/mol. The normalized spacial score (nSPS) is 17.8. The van der Waals surface area contributed by atoms with Crippen LogP contribution < -0.4 is 15.4 Å². The highest BCUT2D eigenvalue weighted by atomic mass is 19.4. The monoisotopic (exact) mass is 421 g/mol. The molecule has 30 heavy (non-hydrogen) atoms. The number of aliphatic imine (C=N–C) groups is 1. The molecule has 0 aliphatic carbocycles. The quantitative estimate of drug-likeness (QED) is 0.555. The van der Waals surface area contributed by atoms with Crippen molar-refractivity contribution in [2.75, 3.05) is 27.2 Å². The third-order valence-corrected chi connectivity index (χ3v) is 4.99. The number of methoxy groups -OCH3 is 1. The third kappa shape index (κ3) is 6.09. The van der Waals surface area contributed by atoms with Gasteiger partial charge >= 0.3 is 6.18 Å². The van der Waals surface area contributed by atoms with Crippen molar-refractivity contribution in [1.29, 1.82) is 0 Å². The van der Waals surface area contributed by atoms with Crippen LogP contribution in [0.15, 0.2) is 47.6 Å². The fourth-order valence-corrected chi connectivity index (χ4v) is 3.40. The van der Waals surface area contributed by atoms with Gasteiger partial charge in [0.2, 0.25) is 5.88 Å². The molecule has 6 nitrogen and oxygen atoms in total. The second kappa shape index (κ2) is 9.80. The van der Waals surface area contributed by atoms with E-state index in [0.717, 1.165) is 42.8 Å². The Hall–Kier alpha value is -2.81. The number of benzene rings is 1. The van der Waals surface area contributed by atoms with Crippen LogP contribution >= 0.6 is 0 Å². The standard InChI is InChI=1S/C21H26F3N5O/c1-25-20(27-12-16-7-9-26-19(11-16)30-2)28-18-8-10-29(14-18)13-15-3-5-17(6-4-15)21(22,23)24/h3-7,9,11,18H,8,10,12-14H2,1-2H3,(H2,25,27,28). The van der Waals surface area contributed by atoms with Gasteiger partial charge in [-0.1, -0.05) is 12.1 Å². The molecule has 1 aromatic heterocycles. The highest BCUT2D eigenvalue weighted by molar-refractivity contribution is 5.80. The summed E-state index contributed by atoms with van der Waals surface area (Å²) in [6, 6.07) is 9.37. The van der Waals surface area contributed by atoms with Crippen LogP contribution in [-0.2, 0) is 19.3 Å². The van der Waals surface area contributed by atoms with E-state index < -0.39 is 11.7 Å². The first-order valence-electron chi connectivity index (χ1n) is 9.72. The molecule has 2 aromatic rings. The van der Waals surface area contributed by atoms with Crippen LogP contribution in [0, 0.1) is 0 Å². The first-order chi connectivity index (χ1) is 14.4. The topological polar surface area (TPSA) is 61.8 Å². The molecule has 0 saturated carbocycles. The molecule has 1 aliphatic rings. The van der Waals surface area contributed by atoms with Gasteiger partial charge in [-0.2, -0.15) is 13.2 Å². The van der Waals surface area contributed by atoms with E-state index in [1.807, 2.05) is 12.1 Å². The van der Waals surface area contributed by atoms with Gasteiger partial charge in [0.25, 0.3) is 0 Å². The summed E-state index contributed by atoms with van der Waals surface area (Å²) in [6.45, 7) is 2.88. The Bertz CT molecular complexity index is 854. The smallest absolute Gasteiger partial charge is 0.416 e. The summed E-state index contributed by atoms with van der Waals surface area (Å²) in [4.78, 5) is 10.6. The Morgan fingerprint density at radius 1 is 1.23 bits per heavy atom. The lowest BCUT2D eigenvalue weighted by atomic mass is 10.1. The van der Waals surface area contributed by atoms with E-state index in [-0.39, 0.29) is 6.04 Å². The number of halogens is 3. The fourth-order valence-electron chi connectivity index (χ4n) is 3.40. The Labute approximate surface area is 174 Å². The molecule has 0 bridgehead atoms. The number of rotatable bonds is 6. The average Bonchev–Trinajstić information content (AvgIpc) is 3.17. The molecule has 9 heteroatoms. The number of pyridine rings is 1. The Morgan fingerprint density at radius 3 is 2.67 bits per heavy atom. The minimum Gasteiger partial charge on any atom is -0.481 e. The predicted molar refractivity (Wildman–Crippen MR) is 109 cm³/mol. The summed E-state index contributed by atoms with van der Waals surface area (Å²) in [6.07, 6.45) is -1.67. The number of hydrogen-bond donors (Lipinski definition) is 2. The van der Waals surface area contributed by atoms with Crippen molar-refractivity contribution >= 4 is 5.96 Å². The second-order valence-electron chi connectivity index (χ2n) is 7.19. The zero-order chi connectivity index (χ0) is 21.6. The van der Waals surface area contributed by atoms with E-state index in [1.165, 1.54) is 0 Å². The maximum absolute atomic E-state index is 12.7. The van der Waals surface area contributed by atoms with Crippen LogP contribution in [0.2, 0.25) is 0 Å². The van der Waals surface area contributed by atoms with E-state index in [2.05, 4.69) is 25.5 Å². The number of nitrogens with one attached hydrogen (secondary N) is 2. The molecule has 1 saturated heterocycles. The van der Waals surface area contributed by atoms with E-state index in [0.29, 0.717) is 24.9 Å². The van der Waals surface area contributed by atoms with Gasteiger partial charge in [0.15, 0.2) is 5.96 Å². The van der Waals surface area contributed by atoms with Gasteiger partial charge in [-0.05, 0) is 35.7 Å². The summed E-state index contributed by atoms with van der Waals surface area (Å²) in [5, 5.41) is 6.69. The predicted octanol–water partition coefficient (Wildman–Crippen LogP) is 3.05. The molecule has 0 amide bonds. The highest BCUT2D eigenvalue weighted by Crippen LogP contribution is 2.29. The number of likely N-dealkylation sites (tertiary alicyclic amines) is 1. The number of ether oxygens (including phenoxy) is 1. The summed E-state index contributed by atoms with van der Waals surface area (Å²) in [5.74, 6) is 1.26. The summed E-state index contributed by atoms with van der Waals surface area (Å²) in [5.41, 5.74) is 1.28. The van der Waals surface area contributed by atoms with Crippen LogP contribution in [0.25, 0.3) is 0 Å². The minimum absolute atomic E-state index is 0.220. The molecule has 2 heterocycles. The van der Waals surface area contributed by atoms with Crippen LogP contribution in [-0.4, -0.2) is 49.1 Å². The number of guanidine groups is 1. The summed E-state index contributed by atoms with van der Waals surface area (Å²) >= 11 is 0. The molecular weight excluding hydrogens is 395 g/mol. The van der Waals surface area contributed by atoms with Gasteiger partial charge in [0, 0.05) is 51.5 Å². The van der Waals surface area contributed by atoms with Crippen molar-refractivity contribution in [3.8, 4) is 5.88 Å². The molecule has 1 fully saturated rings. The molecule has 0 spiro atoms. The lowest BCUT2D eigenvalue weighted by Crippen LogP contribution is -2.44. The van der Waals surface area contributed by atoms with Crippen LogP contribution in [0.5, 0.6) is 5.88 Å². The minimum atomic E-state index is -4.30. The molecule has 1 aromatic carbocycles. The van der Waals surface area contributed by atoms with Crippen molar-refractivity contribution in [3.05, 3.63) is 59.3 Å². The van der Waals surface area contributed by atoms with Gasteiger partial charge in [0.1, 0.15) is 0 Å². The number of alkyl halides is 3. The first-order valence-corrected chi connectivity index (χ1v) is 9.72. The SMILES string of the molecule is CN=C(NCc1ccnc(OC)c1)NC1CCN(Cc2ccc(C(F)(F)F)cc2)C1. The molecule has 1 unspecified atom stereocenters. The van der Waals surface area contributed by atoms with Crippen molar-refractivity contribution < 1.29 is 17.9 Å². The van der Waals surface area contributed by atoms with Crippen molar-refractivity contribution in [2.45, 2.75) is 31.7 Å². The van der Waals surface area contributed by atoms with Gasteiger partial charge < -0.3 is 15.4 Å². The van der Waals surface area contributed by atoms with E-state index in [1.54, 1.807) is 32.5 Å². The number of nitrogens with zero attached hydrogens (tertiary/aromatic N) is 3. The Morgan fingerprint density at radius 2 is 2.00 bits per heavy atom. The van der Waals surface area contributed by atoms with Gasteiger partial charge in [-0.3, -0.25) is 9.89 Å². The molecule has 0 radical (unpaired) electrons. The first kappa shape index (κ1) is 21.9. The number of aromatic nitrogens is 1. The van der Waals surface area contributed by atoms with Gasteiger partial charge in [-0.25, -0.2) is 4.98 Å². The molecule has 162 valence electrons. The van der Waals surface area contributed by atoms with E-state index in [4.69, 9.17) is 4.74 Å². The highest BCUT2D eigenvalue weighted by Gasteiger charge is 2.30. The van der Waals surface area contributed by atoms with Crippen molar-refractivity contribution in [2.24, 2.45) is 4.99 Å². The largest absolute Gasteiger partial charge is 0.481 e. The van der Waals surface area contributed by atoms with Crippen LogP contribution in [0.4, 0.5) is 13.2 Å². The zero-order valence-electron chi connectivity index (χ0n) is 17.0. The Balaban J connectivity index is 1.47. The lowest BCUT2D eigenvalue weighted by Gasteiger charge is -2.19. The molecule has 3 rings (SSSR count). The summed E-state index contributed by atoms with van der Waals surface area (Å²) in [7, 11) is 3.30. The maximum Gasteiger partial charge on any atom is 0.416 e. The maximum atomic E-state index is 12.7. The lowest BCUT2D eigenvalue weighted by molar-refractivity contribution is -0.137. The van der Waals surface area contributed by atoms with Crippen molar-refractivity contribution in [3.63, 3.8) is 0 Å². The van der Waals surface area contributed by atoms with Gasteiger partial charge in [-0.15, -0.1) is 0 Å². The fraction of sp³-hybridized carbons (Fsp3) is 0.429.